The van der Waals surface area contributed by atoms with Crippen molar-refractivity contribution in [3.05, 3.63) is 109 Å². The van der Waals surface area contributed by atoms with Crippen LogP contribution < -0.4 is 0 Å². The summed E-state index contributed by atoms with van der Waals surface area (Å²) in [5, 5.41) is 20.4. The fourth-order valence-electron chi connectivity index (χ4n) is 7.43. The van der Waals surface area contributed by atoms with Gasteiger partial charge < -0.3 is 34.2 Å². The molecule has 18 heteroatoms. The summed E-state index contributed by atoms with van der Waals surface area (Å²) in [4.78, 5) is 58.0. The largest absolute Gasteiger partial charge is 0.472 e. The third-order valence-corrected chi connectivity index (χ3v) is 13.9. The zero-order valence-electron chi connectivity index (χ0n) is 49.7. The fraction of sp³-hybridized carbons (Fsp3) is 0.667. The van der Waals surface area contributed by atoms with Gasteiger partial charge in [0.2, 0.25) is 0 Å². The second kappa shape index (κ2) is 56.7. The van der Waals surface area contributed by atoms with Gasteiger partial charge in [-0.25, -0.2) is 9.13 Å². The highest BCUT2D eigenvalue weighted by molar-refractivity contribution is 7.47. The number of aliphatic hydroxyl groups excluding tert-OH is 2. The molecule has 81 heavy (non-hydrogen) atoms. The van der Waals surface area contributed by atoms with Crippen LogP contribution in [0.4, 0.5) is 0 Å². The molecule has 0 aromatic heterocycles. The Hall–Kier alpha value is -3.79. The molecule has 0 heterocycles. The van der Waals surface area contributed by atoms with Crippen LogP contribution in [0.3, 0.4) is 0 Å². The number of phosphoric acid groups is 2. The van der Waals surface area contributed by atoms with Crippen molar-refractivity contribution < 1.29 is 75.8 Å². The van der Waals surface area contributed by atoms with E-state index in [0.717, 1.165) is 109 Å². The lowest BCUT2D eigenvalue weighted by Crippen LogP contribution is -2.30. The Labute approximate surface area is 488 Å². The maximum absolute atomic E-state index is 12.8. The van der Waals surface area contributed by atoms with Gasteiger partial charge in [-0.15, -0.1) is 0 Å². The van der Waals surface area contributed by atoms with Crippen molar-refractivity contribution in [3.8, 4) is 0 Å². The molecule has 0 bridgehead atoms. The standard InChI is InChI=1S/C63H106O16P2/c1-4-7-10-13-16-19-22-24-26-27-28-29-31-33-35-37-40-43-46-49-61(66)73-52-58(64)53-75-80(69,70)76-54-59(65)55-77-81(71,72)78-57-60(79-63(68)51-48-45-42-39-34-21-18-15-12-9-6-3)56-74-62(67)50-47-44-41-38-36-32-30-25-23-20-17-14-11-8-5-2/h7-8,10-11,16-17,19-20,24-26,28-30,33,35,40,43,58-60,64-65H,4-6,9,12-15,18,21-23,27,31-32,34,36-39,41-42,44-57H2,1-3H3,(H,69,70)(H,71,72)/b10-7-,11-8-,19-16-,20-17-,26-24-,29-28-,30-25-,35-33-,43-40-. The zero-order valence-corrected chi connectivity index (χ0v) is 51.5. The smallest absolute Gasteiger partial charge is 0.463 e. The maximum Gasteiger partial charge on any atom is 0.472 e. The molecule has 0 aromatic rings. The van der Waals surface area contributed by atoms with E-state index < -0.39 is 91.5 Å². The summed E-state index contributed by atoms with van der Waals surface area (Å²) in [6.45, 7) is 2.28. The second-order valence-electron chi connectivity index (χ2n) is 19.7. The van der Waals surface area contributed by atoms with E-state index in [1.165, 1.54) is 38.5 Å². The van der Waals surface area contributed by atoms with Crippen LogP contribution in [0.25, 0.3) is 0 Å². The molecule has 0 spiro atoms. The van der Waals surface area contributed by atoms with Crippen LogP contribution >= 0.6 is 15.6 Å². The predicted molar refractivity (Wildman–Crippen MR) is 325 cm³/mol. The van der Waals surface area contributed by atoms with Crippen molar-refractivity contribution in [2.75, 3.05) is 39.6 Å². The zero-order chi connectivity index (χ0) is 59.6. The lowest BCUT2D eigenvalue weighted by molar-refractivity contribution is -0.161. The van der Waals surface area contributed by atoms with Crippen molar-refractivity contribution in [2.24, 2.45) is 0 Å². The average Bonchev–Trinajstić information content (AvgIpc) is 3.44. The van der Waals surface area contributed by atoms with Crippen molar-refractivity contribution in [2.45, 2.75) is 232 Å². The molecule has 0 amide bonds. The molecule has 5 unspecified atom stereocenters. The van der Waals surface area contributed by atoms with Crippen LogP contribution in [0.5, 0.6) is 0 Å². The summed E-state index contributed by atoms with van der Waals surface area (Å²) < 4.78 is 60.5. The number of aliphatic hydroxyl groups is 2. The Kier molecular flexibility index (Phi) is 54.0. The van der Waals surface area contributed by atoms with Gasteiger partial charge in [0.05, 0.1) is 26.4 Å². The van der Waals surface area contributed by atoms with Gasteiger partial charge in [0, 0.05) is 19.3 Å². The second-order valence-corrected chi connectivity index (χ2v) is 22.7. The molecule has 0 saturated heterocycles. The molecule has 0 fully saturated rings. The highest BCUT2D eigenvalue weighted by Crippen LogP contribution is 2.45. The molecule has 0 aliphatic heterocycles. The van der Waals surface area contributed by atoms with Gasteiger partial charge in [-0.2, -0.15) is 0 Å². The minimum atomic E-state index is -4.92. The van der Waals surface area contributed by atoms with E-state index in [4.69, 9.17) is 32.3 Å². The highest BCUT2D eigenvalue weighted by Gasteiger charge is 2.29. The SMILES string of the molecule is CC/C=C\C/C=C\C/C=C\C/C=C\C/C=C\C/C=C\CCC(=O)OCC(O)COP(=O)(O)OCC(O)COP(=O)(O)OCC(COC(=O)CCCCCCC/C=C\C/C=C\C/C=C\CC)OC(=O)CCCCCCCCCCCCC. The van der Waals surface area contributed by atoms with Gasteiger partial charge in [-0.05, 0) is 89.9 Å². The first kappa shape index (κ1) is 77.2. The monoisotopic (exact) mass is 1180 g/mol. The molecule has 5 atom stereocenters. The molecule has 0 aliphatic rings. The van der Waals surface area contributed by atoms with Gasteiger partial charge in [-0.3, -0.25) is 32.5 Å². The first-order valence-electron chi connectivity index (χ1n) is 30.2. The lowest BCUT2D eigenvalue weighted by atomic mass is 10.1. The first-order chi connectivity index (χ1) is 39.2. The molecule has 464 valence electrons. The van der Waals surface area contributed by atoms with Crippen LogP contribution in [0, 0.1) is 0 Å². The van der Waals surface area contributed by atoms with Gasteiger partial charge >= 0.3 is 33.6 Å². The van der Waals surface area contributed by atoms with Gasteiger partial charge in [0.1, 0.15) is 25.4 Å². The number of hydrogen-bond acceptors (Lipinski definition) is 14. The molecule has 0 aromatic carbocycles. The summed E-state index contributed by atoms with van der Waals surface area (Å²) >= 11 is 0. The van der Waals surface area contributed by atoms with Crippen molar-refractivity contribution >= 4 is 33.6 Å². The number of unbranched alkanes of at least 4 members (excludes halogenated alkanes) is 15. The molecule has 0 saturated carbocycles. The molecule has 4 N–H and O–H groups in total. The molecule has 0 radical (unpaired) electrons. The summed E-state index contributed by atoms with van der Waals surface area (Å²) in [5.41, 5.74) is 0. The van der Waals surface area contributed by atoms with E-state index in [0.29, 0.717) is 25.7 Å². The van der Waals surface area contributed by atoms with Crippen molar-refractivity contribution in [3.63, 3.8) is 0 Å². The van der Waals surface area contributed by atoms with Crippen LogP contribution in [0.15, 0.2) is 109 Å². The summed E-state index contributed by atoms with van der Waals surface area (Å²) in [7, 11) is -9.78. The number of phosphoric ester groups is 2. The third-order valence-electron chi connectivity index (χ3n) is 12.0. The Morgan fingerprint density at radius 2 is 0.679 bits per heavy atom. The molecule has 0 rings (SSSR count). The van der Waals surface area contributed by atoms with Crippen molar-refractivity contribution in [1.29, 1.82) is 0 Å². The molecule has 0 aliphatic carbocycles. The maximum atomic E-state index is 12.8. The van der Waals surface area contributed by atoms with E-state index in [-0.39, 0.29) is 19.3 Å². The first-order valence-corrected chi connectivity index (χ1v) is 33.2. The number of rotatable bonds is 56. The summed E-state index contributed by atoms with van der Waals surface area (Å²) in [6.07, 6.45) is 60.4. The quantitative estimate of drug-likeness (QED) is 0.0146. The Morgan fingerprint density at radius 3 is 1.11 bits per heavy atom. The predicted octanol–water partition coefficient (Wildman–Crippen LogP) is 15.7. The van der Waals surface area contributed by atoms with Crippen LogP contribution in [0.1, 0.15) is 213 Å². The average molecular weight is 1180 g/mol. The normalized spacial score (nSPS) is 15.2. The molecular weight excluding hydrogens is 1070 g/mol. The number of esters is 3. The van der Waals surface area contributed by atoms with Gasteiger partial charge in [0.15, 0.2) is 6.10 Å². The highest BCUT2D eigenvalue weighted by atomic mass is 31.2. The van der Waals surface area contributed by atoms with Crippen LogP contribution in [0.2, 0.25) is 0 Å². The van der Waals surface area contributed by atoms with E-state index >= 15 is 0 Å². The Balaban J connectivity index is 4.70. The van der Waals surface area contributed by atoms with E-state index in [2.05, 4.69) is 112 Å². The van der Waals surface area contributed by atoms with Crippen LogP contribution in [-0.4, -0.2) is 95.9 Å². The lowest BCUT2D eigenvalue weighted by Gasteiger charge is -2.21. The minimum Gasteiger partial charge on any atom is -0.463 e. The molecule has 16 nitrogen and oxygen atoms in total. The van der Waals surface area contributed by atoms with Crippen molar-refractivity contribution in [1.82, 2.24) is 0 Å². The minimum absolute atomic E-state index is 0.0581. The third kappa shape index (κ3) is 57.8. The number of carbonyl (C=O) groups excluding carboxylic acids is 3. The van der Waals surface area contributed by atoms with E-state index in [1.54, 1.807) is 0 Å². The number of hydrogen-bond donors (Lipinski definition) is 4. The van der Waals surface area contributed by atoms with Gasteiger partial charge in [-0.1, -0.05) is 214 Å². The van der Waals surface area contributed by atoms with E-state index in [1.807, 2.05) is 18.2 Å². The van der Waals surface area contributed by atoms with Crippen LogP contribution in [-0.2, 0) is 55.8 Å². The van der Waals surface area contributed by atoms with Gasteiger partial charge in [0.25, 0.3) is 0 Å². The summed E-state index contributed by atoms with van der Waals surface area (Å²) in [6, 6.07) is 0. The fourth-order valence-corrected chi connectivity index (χ4v) is 9.02. The summed E-state index contributed by atoms with van der Waals surface area (Å²) in [5.74, 6) is -1.68. The van der Waals surface area contributed by atoms with E-state index in [9.17, 15) is 43.5 Å². The Morgan fingerprint density at radius 1 is 0.358 bits per heavy atom. The number of allylic oxidation sites excluding steroid dienone is 18. The molecular formula is C63H106O16P2. The topological polar surface area (TPSA) is 231 Å². The Bertz CT molecular complexity index is 1920. The number of carbonyl (C=O) groups is 3. The number of ether oxygens (including phenoxy) is 3.